The smallest absolute Gasteiger partial charge is 0.264 e. The van der Waals surface area contributed by atoms with Gasteiger partial charge in [-0.1, -0.05) is 12.1 Å². The number of carbonyl (C=O) groups excluding carboxylic acids is 5. The van der Waals surface area contributed by atoms with Crippen molar-refractivity contribution in [1.29, 1.82) is 0 Å². The second-order valence-corrected chi connectivity index (χ2v) is 14.5. The number of nitrogens with zero attached hydrogens (tertiary/aromatic N) is 8. The number of anilines is 4. The van der Waals surface area contributed by atoms with Crippen molar-refractivity contribution in [3.05, 3.63) is 71.0 Å². The number of hydrogen-bond acceptors (Lipinski definition) is 14. The summed E-state index contributed by atoms with van der Waals surface area (Å²) in [5.41, 5.74) is 2.91. The van der Waals surface area contributed by atoms with E-state index in [4.69, 9.17) is 19.4 Å². The number of imide groups is 2. The van der Waals surface area contributed by atoms with E-state index in [0.29, 0.717) is 93.1 Å². The lowest BCUT2D eigenvalue weighted by atomic mass is 10.0. The highest BCUT2D eigenvalue weighted by molar-refractivity contribution is 6.25. The second-order valence-electron chi connectivity index (χ2n) is 14.5. The van der Waals surface area contributed by atoms with Gasteiger partial charge >= 0.3 is 0 Å². The van der Waals surface area contributed by atoms with Crippen LogP contribution in [-0.4, -0.2) is 117 Å². The van der Waals surface area contributed by atoms with Gasteiger partial charge in [0.25, 0.3) is 17.7 Å². The number of aromatic nitrogens is 5. The van der Waals surface area contributed by atoms with Gasteiger partial charge in [0.15, 0.2) is 5.82 Å². The number of pyridine rings is 2. The lowest BCUT2D eigenvalue weighted by Crippen LogP contribution is -2.54. The second kappa shape index (κ2) is 16.7. The van der Waals surface area contributed by atoms with Crippen molar-refractivity contribution in [1.82, 2.24) is 34.9 Å². The van der Waals surface area contributed by atoms with Crippen molar-refractivity contribution >= 4 is 52.7 Å². The molecule has 0 saturated carbocycles. The normalized spacial score (nSPS) is 18.9. The number of carbonyl (C=O) groups is 5. The number of ether oxygens (including phenoxy) is 2. The summed E-state index contributed by atoms with van der Waals surface area (Å²) in [4.78, 5) is 79.1. The van der Waals surface area contributed by atoms with Crippen LogP contribution in [0.4, 0.5) is 23.1 Å². The highest BCUT2D eigenvalue weighted by atomic mass is 16.5. The van der Waals surface area contributed by atoms with Crippen molar-refractivity contribution in [2.24, 2.45) is 0 Å². The Bertz CT molecular complexity index is 2260. The molecule has 0 bridgehead atoms. The van der Waals surface area contributed by atoms with E-state index in [1.807, 2.05) is 35.8 Å². The van der Waals surface area contributed by atoms with Crippen LogP contribution in [0, 0.1) is 0 Å². The monoisotopic (exact) mass is 791 g/mol. The van der Waals surface area contributed by atoms with E-state index in [0.717, 1.165) is 35.7 Å². The quantitative estimate of drug-likeness (QED) is 0.110. The first-order chi connectivity index (χ1) is 28.2. The number of fused-ring (bicyclic) bond motifs is 2. The summed E-state index contributed by atoms with van der Waals surface area (Å²) in [5, 5.41) is 17.1. The van der Waals surface area contributed by atoms with Gasteiger partial charge in [-0.05, 0) is 63.4 Å². The fourth-order valence-corrected chi connectivity index (χ4v) is 7.90. The largest absolute Gasteiger partial charge is 0.382 e. The minimum Gasteiger partial charge on any atom is -0.382 e. The summed E-state index contributed by atoms with van der Waals surface area (Å²) >= 11 is 0. The Hall–Kier alpha value is -6.27. The van der Waals surface area contributed by atoms with Gasteiger partial charge < -0.3 is 29.6 Å². The number of nitrogens with one attached hydrogen (secondary N) is 3. The van der Waals surface area contributed by atoms with E-state index in [9.17, 15) is 24.0 Å². The van der Waals surface area contributed by atoms with Crippen molar-refractivity contribution in [3.63, 3.8) is 0 Å². The van der Waals surface area contributed by atoms with E-state index in [-0.39, 0.29) is 29.9 Å². The maximum atomic E-state index is 14.0. The molecule has 0 spiro atoms. The van der Waals surface area contributed by atoms with Crippen LogP contribution in [0.25, 0.3) is 11.5 Å². The molecule has 0 aliphatic carbocycles. The molecule has 8 rings (SSSR count). The Morgan fingerprint density at radius 3 is 2.41 bits per heavy atom. The lowest BCUT2D eigenvalue weighted by Gasteiger charge is -2.27. The van der Waals surface area contributed by atoms with Crippen molar-refractivity contribution in [2.45, 2.75) is 64.7 Å². The Morgan fingerprint density at radius 1 is 0.862 bits per heavy atom. The third kappa shape index (κ3) is 7.47. The SMILES string of the molecule is CCn1cnnc1-c1cccc(N2Cc3c(cc(N4CCC[C@H]4C)nc3NCCOCCOCCNc3cccc4c3C(=O)N(C3CCC(=O)NC3=O)C4=O)C2=O)n1. The summed E-state index contributed by atoms with van der Waals surface area (Å²) in [5.74, 6) is 0.238. The van der Waals surface area contributed by atoms with Crippen LogP contribution in [0.1, 0.15) is 76.2 Å². The molecule has 5 amide bonds. The molecule has 302 valence electrons. The fraction of sp³-hybridized carbons (Fsp3) is 0.425. The van der Waals surface area contributed by atoms with E-state index in [1.54, 1.807) is 29.4 Å². The van der Waals surface area contributed by atoms with Crippen LogP contribution in [0.3, 0.4) is 0 Å². The molecule has 0 radical (unpaired) electrons. The molecule has 1 aromatic carbocycles. The summed E-state index contributed by atoms with van der Waals surface area (Å²) in [7, 11) is 0. The number of rotatable bonds is 16. The molecule has 4 aliphatic rings. The average Bonchev–Trinajstić information content (AvgIpc) is 4.01. The number of amides is 5. The van der Waals surface area contributed by atoms with Gasteiger partial charge in [0.05, 0.1) is 49.7 Å². The third-order valence-electron chi connectivity index (χ3n) is 10.9. The molecule has 3 N–H and O–H groups in total. The summed E-state index contributed by atoms with van der Waals surface area (Å²) in [6, 6.07) is 11.7. The van der Waals surface area contributed by atoms with E-state index in [1.165, 1.54) is 0 Å². The molecule has 4 aromatic rings. The van der Waals surface area contributed by atoms with Gasteiger partial charge in [-0.15, -0.1) is 10.2 Å². The first-order valence-electron chi connectivity index (χ1n) is 19.7. The van der Waals surface area contributed by atoms with Crippen molar-refractivity contribution in [3.8, 4) is 11.5 Å². The van der Waals surface area contributed by atoms with Gasteiger partial charge in [-0.25, -0.2) is 9.97 Å². The molecule has 58 heavy (non-hydrogen) atoms. The third-order valence-corrected chi connectivity index (χ3v) is 10.9. The van der Waals surface area contributed by atoms with Gasteiger partial charge in [-0.3, -0.25) is 39.1 Å². The Labute approximate surface area is 334 Å². The standard InChI is InChI=1S/C40H45N11O7/c1-3-48-23-43-47-36(48)29-10-5-11-31(44-29)50-22-27-26(38(50)54)21-32(49-16-6-7-24(49)2)45-35(27)42-15-18-58-20-19-57-17-14-41-28-9-4-8-25-34(28)40(56)51(39(25)55)30-12-13-33(52)46-37(30)53/h4-5,8-11,21,23-24,30,41H,3,6-7,12-20,22H2,1-2H3,(H,42,45)(H,46,52,53)/t24-,30?/m1/s1. The van der Waals surface area contributed by atoms with Gasteiger partial charge in [0.1, 0.15) is 35.5 Å². The molecule has 2 saturated heterocycles. The van der Waals surface area contributed by atoms with Crippen LogP contribution < -0.4 is 25.8 Å². The van der Waals surface area contributed by atoms with E-state index in [2.05, 4.69) is 38.0 Å². The highest BCUT2D eigenvalue weighted by Crippen LogP contribution is 2.36. The van der Waals surface area contributed by atoms with Gasteiger partial charge in [0.2, 0.25) is 11.8 Å². The molecular weight excluding hydrogens is 747 g/mol. The Kier molecular flexibility index (Phi) is 11.1. The molecule has 4 aliphatic heterocycles. The lowest BCUT2D eigenvalue weighted by molar-refractivity contribution is -0.136. The zero-order valence-corrected chi connectivity index (χ0v) is 32.4. The van der Waals surface area contributed by atoms with Crippen LogP contribution in [-0.2, 0) is 32.2 Å². The molecule has 1 unspecified atom stereocenters. The molecule has 18 heteroatoms. The molecule has 2 fully saturated rings. The van der Waals surface area contributed by atoms with Gasteiger partial charge in [0, 0.05) is 49.9 Å². The van der Waals surface area contributed by atoms with Crippen LogP contribution in [0.2, 0.25) is 0 Å². The van der Waals surface area contributed by atoms with Crippen molar-refractivity contribution in [2.75, 3.05) is 66.5 Å². The molecule has 7 heterocycles. The van der Waals surface area contributed by atoms with E-state index >= 15 is 0 Å². The number of benzene rings is 1. The first kappa shape index (κ1) is 38.6. The topological polar surface area (TPSA) is 206 Å². The minimum atomic E-state index is -1.03. The van der Waals surface area contributed by atoms with Crippen LogP contribution >= 0.6 is 0 Å². The summed E-state index contributed by atoms with van der Waals surface area (Å²) in [6.45, 7) is 8.23. The molecule has 18 nitrogen and oxygen atoms in total. The number of hydrogen-bond donors (Lipinski definition) is 3. The summed E-state index contributed by atoms with van der Waals surface area (Å²) < 4.78 is 13.5. The van der Waals surface area contributed by atoms with Crippen LogP contribution in [0.5, 0.6) is 0 Å². The molecule has 2 atom stereocenters. The highest BCUT2D eigenvalue weighted by Gasteiger charge is 2.45. The maximum absolute atomic E-state index is 14.0. The predicted octanol–water partition coefficient (Wildman–Crippen LogP) is 2.86. The molecule has 3 aromatic heterocycles. The van der Waals surface area contributed by atoms with Gasteiger partial charge in [-0.2, -0.15) is 0 Å². The Balaban J connectivity index is 0.829. The fourth-order valence-electron chi connectivity index (χ4n) is 7.90. The summed E-state index contributed by atoms with van der Waals surface area (Å²) in [6.07, 6.45) is 3.94. The Morgan fingerprint density at radius 2 is 1.66 bits per heavy atom. The number of aryl methyl sites for hydroxylation is 1. The zero-order valence-electron chi connectivity index (χ0n) is 32.4. The van der Waals surface area contributed by atoms with Crippen molar-refractivity contribution < 1.29 is 33.4 Å². The molecular formula is C40H45N11O7. The predicted molar refractivity (Wildman–Crippen MR) is 211 cm³/mol. The maximum Gasteiger partial charge on any atom is 0.264 e. The van der Waals surface area contributed by atoms with E-state index < -0.39 is 29.7 Å². The average molecular weight is 792 g/mol. The van der Waals surface area contributed by atoms with Crippen LogP contribution in [0.15, 0.2) is 48.8 Å². The first-order valence-corrected chi connectivity index (χ1v) is 19.7. The zero-order chi connectivity index (χ0) is 40.3. The number of piperidine rings is 1. The minimum absolute atomic E-state index is 0.0554.